The lowest BCUT2D eigenvalue weighted by Crippen LogP contribution is -2.50. The summed E-state index contributed by atoms with van der Waals surface area (Å²) in [6.07, 6.45) is 0. The van der Waals surface area contributed by atoms with E-state index in [0.717, 1.165) is 18.0 Å². The van der Waals surface area contributed by atoms with Crippen molar-refractivity contribution in [2.75, 3.05) is 33.3 Å². The van der Waals surface area contributed by atoms with Gasteiger partial charge in [0.25, 0.3) is 5.91 Å². The van der Waals surface area contributed by atoms with Gasteiger partial charge in [-0.3, -0.25) is 14.5 Å². The lowest BCUT2D eigenvalue weighted by Gasteiger charge is -2.27. The average Bonchev–Trinajstić information content (AvgIpc) is 2.78. The van der Waals surface area contributed by atoms with Crippen LogP contribution in [-0.2, 0) is 15.1 Å². The molecule has 1 atom stereocenters. The van der Waals surface area contributed by atoms with Crippen molar-refractivity contribution < 1.29 is 19.1 Å². The normalized spacial score (nSPS) is 23.2. The van der Waals surface area contributed by atoms with Gasteiger partial charge in [-0.15, -0.1) is 0 Å². The largest absolute Gasteiger partial charge is 0.497 e. The highest BCUT2D eigenvalue weighted by Gasteiger charge is 2.49. The molecule has 2 aliphatic rings. The van der Waals surface area contributed by atoms with Crippen LogP contribution in [0.25, 0.3) is 0 Å². The summed E-state index contributed by atoms with van der Waals surface area (Å²) in [6.45, 7) is 3.65. The highest BCUT2D eigenvalue weighted by atomic mass is 16.5. The van der Waals surface area contributed by atoms with E-state index in [4.69, 9.17) is 4.74 Å². The Bertz CT molecular complexity index is 686. The number of benzene rings is 1. The third-order valence-electron chi connectivity index (χ3n) is 4.70. The topological polar surface area (TPSA) is 99.8 Å². The molecule has 3 N–H and O–H groups in total. The zero-order valence-corrected chi connectivity index (χ0v) is 14.3. The second-order valence-corrected chi connectivity index (χ2v) is 6.50. The number of carbonyl (C=O) groups excluding carboxylic acids is 3. The number of rotatable bonds is 6. The van der Waals surface area contributed by atoms with Gasteiger partial charge in [0, 0.05) is 25.6 Å². The van der Waals surface area contributed by atoms with Gasteiger partial charge in [-0.25, -0.2) is 4.79 Å². The molecule has 2 heterocycles. The third kappa shape index (κ3) is 3.30. The van der Waals surface area contributed by atoms with Crippen LogP contribution in [0.2, 0.25) is 0 Å². The predicted molar refractivity (Wildman–Crippen MR) is 90.0 cm³/mol. The Kier molecular flexibility index (Phi) is 4.63. The number of ether oxygens (including phenoxy) is 1. The quantitative estimate of drug-likeness (QED) is 0.620. The maximum Gasteiger partial charge on any atom is 0.325 e. The fourth-order valence-electron chi connectivity index (χ4n) is 2.91. The molecule has 0 bridgehead atoms. The van der Waals surface area contributed by atoms with Crippen molar-refractivity contribution in [2.45, 2.75) is 12.5 Å². The highest BCUT2D eigenvalue weighted by Crippen LogP contribution is 2.29. The maximum atomic E-state index is 12.8. The molecule has 2 aliphatic heterocycles. The van der Waals surface area contributed by atoms with Gasteiger partial charge in [-0.1, -0.05) is 12.1 Å². The third-order valence-corrected chi connectivity index (χ3v) is 4.70. The number of hydrogen-bond acceptors (Lipinski definition) is 5. The lowest BCUT2D eigenvalue weighted by molar-refractivity contribution is -0.134. The molecule has 0 saturated carbocycles. The second-order valence-electron chi connectivity index (χ2n) is 6.50. The van der Waals surface area contributed by atoms with E-state index in [0.29, 0.717) is 23.8 Å². The molecule has 1 unspecified atom stereocenters. The van der Waals surface area contributed by atoms with Gasteiger partial charge in [0.15, 0.2) is 0 Å². The number of nitrogens with zero attached hydrogens (tertiary/aromatic N) is 1. The Hall–Kier alpha value is -2.61. The van der Waals surface area contributed by atoms with Crippen LogP contribution in [0.15, 0.2) is 24.3 Å². The number of nitrogens with one attached hydrogen (secondary N) is 3. The summed E-state index contributed by atoms with van der Waals surface area (Å²) in [5.74, 6) is 0.292. The summed E-state index contributed by atoms with van der Waals surface area (Å²) in [5.41, 5.74) is -0.559. The van der Waals surface area contributed by atoms with Crippen molar-refractivity contribution in [1.29, 1.82) is 0 Å². The van der Waals surface area contributed by atoms with Crippen LogP contribution in [0.5, 0.6) is 5.75 Å². The fraction of sp³-hybridized carbons (Fsp3) is 0.471. The van der Waals surface area contributed by atoms with Crippen LogP contribution in [0.3, 0.4) is 0 Å². The Morgan fingerprint density at radius 2 is 2.00 bits per heavy atom. The van der Waals surface area contributed by atoms with E-state index in [9.17, 15) is 14.4 Å². The van der Waals surface area contributed by atoms with E-state index in [1.54, 1.807) is 38.3 Å². The monoisotopic (exact) mass is 346 g/mol. The molecule has 3 rings (SSSR count). The number of hydrogen-bond donors (Lipinski definition) is 3. The Morgan fingerprint density at radius 3 is 2.56 bits per heavy atom. The van der Waals surface area contributed by atoms with Crippen LogP contribution in [0.4, 0.5) is 4.79 Å². The fourth-order valence-corrected chi connectivity index (χ4v) is 2.91. The molecule has 0 aliphatic carbocycles. The SMILES string of the molecule is COc1ccc(C2(C)NC(=O)N(CC(=O)NCC3CNC3)C2=O)cc1. The first kappa shape index (κ1) is 17.2. The van der Waals surface area contributed by atoms with Gasteiger partial charge in [0.2, 0.25) is 5.91 Å². The van der Waals surface area contributed by atoms with Crippen molar-refractivity contribution in [2.24, 2.45) is 5.92 Å². The van der Waals surface area contributed by atoms with Gasteiger partial charge in [0.05, 0.1) is 7.11 Å². The zero-order chi connectivity index (χ0) is 18.0. The first-order valence-corrected chi connectivity index (χ1v) is 8.20. The van der Waals surface area contributed by atoms with Gasteiger partial charge in [0.1, 0.15) is 17.8 Å². The number of carbonyl (C=O) groups is 3. The average molecular weight is 346 g/mol. The summed E-state index contributed by atoms with van der Waals surface area (Å²) < 4.78 is 5.11. The molecular formula is C17H22N4O4. The van der Waals surface area contributed by atoms with E-state index >= 15 is 0 Å². The first-order valence-electron chi connectivity index (χ1n) is 8.20. The van der Waals surface area contributed by atoms with Crippen LogP contribution in [0, 0.1) is 5.92 Å². The van der Waals surface area contributed by atoms with Crippen LogP contribution < -0.4 is 20.7 Å². The number of methoxy groups -OCH3 is 1. The molecule has 8 heteroatoms. The minimum Gasteiger partial charge on any atom is -0.497 e. The van der Waals surface area contributed by atoms with Gasteiger partial charge in [-0.05, 0) is 24.6 Å². The summed E-state index contributed by atoms with van der Waals surface area (Å²) in [5, 5.41) is 8.57. The molecule has 0 spiro atoms. The summed E-state index contributed by atoms with van der Waals surface area (Å²) in [4.78, 5) is 38.0. The molecule has 4 amide bonds. The molecule has 1 aromatic rings. The van der Waals surface area contributed by atoms with Gasteiger partial charge in [-0.2, -0.15) is 0 Å². The van der Waals surface area contributed by atoms with Crippen molar-refractivity contribution >= 4 is 17.8 Å². The van der Waals surface area contributed by atoms with Crippen LogP contribution >= 0.6 is 0 Å². The summed E-state index contributed by atoms with van der Waals surface area (Å²) in [6, 6.07) is 6.34. The number of urea groups is 1. The molecule has 0 aromatic heterocycles. The molecule has 8 nitrogen and oxygen atoms in total. The molecule has 1 aromatic carbocycles. The number of imide groups is 1. The van der Waals surface area contributed by atoms with Crippen molar-refractivity contribution in [3.63, 3.8) is 0 Å². The Labute approximate surface area is 145 Å². The van der Waals surface area contributed by atoms with Crippen molar-refractivity contribution in [3.05, 3.63) is 29.8 Å². The predicted octanol–water partition coefficient (Wildman–Crippen LogP) is -0.202. The van der Waals surface area contributed by atoms with Gasteiger partial charge >= 0.3 is 6.03 Å². The Morgan fingerprint density at radius 1 is 1.32 bits per heavy atom. The first-order chi connectivity index (χ1) is 11.9. The van der Waals surface area contributed by atoms with Crippen molar-refractivity contribution in [1.82, 2.24) is 20.9 Å². The lowest BCUT2D eigenvalue weighted by atomic mass is 9.92. The molecule has 0 radical (unpaired) electrons. The van der Waals surface area contributed by atoms with E-state index < -0.39 is 17.5 Å². The van der Waals surface area contributed by atoms with E-state index in [2.05, 4.69) is 16.0 Å². The second kappa shape index (κ2) is 6.72. The smallest absolute Gasteiger partial charge is 0.325 e. The van der Waals surface area contributed by atoms with Crippen LogP contribution in [0.1, 0.15) is 12.5 Å². The maximum absolute atomic E-state index is 12.8. The summed E-state index contributed by atoms with van der Waals surface area (Å²) >= 11 is 0. The van der Waals surface area contributed by atoms with E-state index in [1.165, 1.54) is 0 Å². The van der Waals surface area contributed by atoms with Gasteiger partial charge < -0.3 is 20.7 Å². The zero-order valence-electron chi connectivity index (χ0n) is 14.3. The minimum absolute atomic E-state index is 0.281. The molecule has 134 valence electrons. The molecule has 2 fully saturated rings. The van der Waals surface area contributed by atoms with Crippen LogP contribution in [-0.4, -0.2) is 56.0 Å². The van der Waals surface area contributed by atoms with E-state index in [1.807, 2.05) is 0 Å². The van der Waals surface area contributed by atoms with Crippen molar-refractivity contribution in [3.8, 4) is 5.75 Å². The molecule has 25 heavy (non-hydrogen) atoms. The highest BCUT2D eigenvalue weighted by molar-refractivity contribution is 6.09. The van der Waals surface area contributed by atoms with E-state index in [-0.39, 0.29) is 12.5 Å². The minimum atomic E-state index is -1.19. The number of amides is 4. The Balaban J connectivity index is 1.66. The standard InChI is InChI=1S/C17H22N4O4/c1-17(12-3-5-13(25-2)6-4-12)15(23)21(16(24)20-17)10-14(22)19-9-11-7-18-8-11/h3-6,11,18H,7-10H2,1-2H3,(H,19,22)(H,20,24). The molecular weight excluding hydrogens is 324 g/mol. The summed E-state index contributed by atoms with van der Waals surface area (Å²) in [7, 11) is 1.55. The molecule has 2 saturated heterocycles.